The highest BCUT2D eigenvalue weighted by atomic mass is 35.5. The number of ether oxygens (including phenoxy) is 1. The Morgan fingerprint density at radius 1 is 1.25 bits per heavy atom. The van der Waals surface area contributed by atoms with E-state index in [1.807, 2.05) is 6.07 Å². The molecule has 0 atom stereocenters. The first-order valence-corrected chi connectivity index (χ1v) is 9.96. The molecule has 2 heterocycles. The van der Waals surface area contributed by atoms with Crippen molar-refractivity contribution in [3.8, 4) is 11.3 Å². The number of halogens is 1. The molecule has 0 saturated carbocycles. The van der Waals surface area contributed by atoms with Gasteiger partial charge in [-0.2, -0.15) is 0 Å². The summed E-state index contributed by atoms with van der Waals surface area (Å²) in [6, 6.07) is 7.11. The number of thiophene rings is 1. The second-order valence-corrected chi connectivity index (χ2v) is 7.96. The van der Waals surface area contributed by atoms with Crippen LogP contribution in [0, 0.1) is 6.92 Å². The number of benzene rings is 1. The average Bonchev–Trinajstić information content (AvgIpc) is 3.36. The minimum Gasteiger partial charge on any atom is -0.465 e. The van der Waals surface area contributed by atoms with Crippen molar-refractivity contribution in [2.24, 2.45) is 0 Å². The van der Waals surface area contributed by atoms with Gasteiger partial charge < -0.3 is 14.6 Å². The first-order chi connectivity index (χ1) is 13.5. The Hall–Kier alpha value is -2.64. The second kappa shape index (κ2) is 7.41. The van der Waals surface area contributed by atoms with Crippen molar-refractivity contribution in [2.75, 3.05) is 12.4 Å². The summed E-state index contributed by atoms with van der Waals surface area (Å²) < 4.78 is 10.2. The third-order valence-corrected chi connectivity index (χ3v) is 6.29. The largest absolute Gasteiger partial charge is 0.465 e. The summed E-state index contributed by atoms with van der Waals surface area (Å²) in [4.78, 5) is 26.5. The number of nitrogens with zero attached hydrogens (tertiary/aromatic N) is 1. The number of carbonyl (C=O) groups is 2. The smallest absolute Gasteiger partial charge is 0.341 e. The Morgan fingerprint density at radius 3 is 2.79 bits per heavy atom. The summed E-state index contributed by atoms with van der Waals surface area (Å²) in [7, 11) is 1.34. The van der Waals surface area contributed by atoms with E-state index in [0.29, 0.717) is 32.6 Å². The number of nitrogens with one attached hydrogen (secondary N) is 1. The van der Waals surface area contributed by atoms with Gasteiger partial charge in [-0.25, -0.2) is 4.79 Å². The fraction of sp³-hybridized carbons (Fsp3) is 0.250. The van der Waals surface area contributed by atoms with Gasteiger partial charge in [-0.1, -0.05) is 35.0 Å². The van der Waals surface area contributed by atoms with Crippen LogP contribution in [0.3, 0.4) is 0 Å². The van der Waals surface area contributed by atoms with Crippen LogP contribution < -0.4 is 5.32 Å². The molecule has 4 rings (SSSR count). The van der Waals surface area contributed by atoms with Crippen molar-refractivity contribution in [3.63, 3.8) is 0 Å². The molecular weight excluding hydrogens is 400 g/mol. The number of methoxy groups -OCH3 is 1. The van der Waals surface area contributed by atoms with E-state index in [-0.39, 0.29) is 5.56 Å². The molecule has 144 valence electrons. The topological polar surface area (TPSA) is 81.4 Å². The molecule has 1 amide bonds. The molecule has 8 heteroatoms. The molecule has 1 N–H and O–H groups in total. The maximum absolute atomic E-state index is 13.1. The molecule has 6 nitrogen and oxygen atoms in total. The molecule has 0 aliphatic heterocycles. The Labute approximate surface area is 170 Å². The van der Waals surface area contributed by atoms with E-state index in [0.717, 1.165) is 29.7 Å². The molecule has 0 saturated heterocycles. The van der Waals surface area contributed by atoms with Gasteiger partial charge in [0.25, 0.3) is 5.91 Å². The van der Waals surface area contributed by atoms with Crippen LogP contribution in [0.5, 0.6) is 0 Å². The number of carbonyl (C=O) groups excluding carboxylic acids is 2. The average molecular weight is 417 g/mol. The van der Waals surface area contributed by atoms with Crippen molar-refractivity contribution in [1.29, 1.82) is 0 Å². The quantitative estimate of drug-likeness (QED) is 0.612. The Morgan fingerprint density at radius 2 is 2.04 bits per heavy atom. The van der Waals surface area contributed by atoms with Crippen molar-refractivity contribution >= 4 is 39.8 Å². The molecule has 0 spiro atoms. The van der Waals surface area contributed by atoms with Crippen molar-refractivity contribution < 1.29 is 18.8 Å². The van der Waals surface area contributed by atoms with Gasteiger partial charge >= 0.3 is 5.97 Å². The van der Waals surface area contributed by atoms with Gasteiger partial charge in [0.2, 0.25) is 0 Å². The third kappa shape index (κ3) is 3.10. The van der Waals surface area contributed by atoms with Crippen molar-refractivity contribution in [3.05, 3.63) is 56.6 Å². The highest BCUT2D eigenvalue weighted by Gasteiger charge is 2.30. The normalized spacial score (nSPS) is 12.7. The summed E-state index contributed by atoms with van der Waals surface area (Å²) >= 11 is 7.69. The third-order valence-electron chi connectivity index (χ3n) is 4.76. The number of hydrogen-bond donors (Lipinski definition) is 1. The SMILES string of the molecule is COC(=O)c1c(NC(=O)c2c(-c3ccccc3Cl)noc2C)sc2c1CCC2. The predicted octanol–water partition coefficient (Wildman–Crippen LogP) is 4.89. The van der Waals surface area contributed by atoms with Crippen LogP contribution in [0.2, 0.25) is 5.02 Å². The summed E-state index contributed by atoms with van der Waals surface area (Å²) in [6.07, 6.45) is 2.71. The lowest BCUT2D eigenvalue weighted by molar-refractivity contribution is 0.0601. The Kier molecular flexibility index (Phi) is 4.95. The van der Waals surface area contributed by atoms with Gasteiger partial charge in [0.05, 0.1) is 17.7 Å². The van der Waals surface area contributed by atoms with E-state index in [4.69, 9.17) is 20.9 Å². The van der Waals surface area contributed by atoms with Crippen LogP contribution in [-0.2, 0) is 17.6 Å². The molecule has 1 aromatic carbocycles. The number of aromatic nitrogens is 1. The molecule has 1 aliphatic rings. The van der Waals surface area contributed by atoms with Gasteiger partial charge in [-0.05, 0) is 37.8 Å². The van der Waals surface area contributed by atoms with Crippen LogP contribution >= 0.6 is 22.9 Å². The zero-order valence-corrected chi connectivity index (χ0v) is 16.9. The fourth-order valence-electron chi connectivity index (χ4n) is 3.45. The van der Waals surface area contributed by atoms with E-state index < -0.39 is 11.9 Å². The lowest BCUT2D eigenvalue weighted by Crippen LogP contribution is -2.15. The summed E-state index contributed by atoms with van der Waals surface area (Å²) in [5.41, 5.74) is 2.68. The molecule has 0 radical (unpaired) electrons. The molecule has 3 aromatic rings. The Balaban J connectivity index is 1.73. The van der Waals surface area contributed by atoms with Crippen LogP contribution in [-0.4, -0.2) is 24.1 Å². The van der Waals surface area contributed by atoms with Crippen molar-refractivity contribution in [1.82, 2.24) is 5.16 Å². The number of esters is 1. The van der Waals surface area contributed by atoms with Gasteiger partial charge in [0.1, 0.15) is 22.0 Å². The minimum atomic E-state index is -0.442. The molecule has 0 unspecified atom stereocenters. The molecular formula is C20H17ClN2O4S. The number of hydrogen-bond acceptors (Lipinski definition) is 6. The fourth-order valence-corrected chi connectivity index (χ4v) is 4.95. The maximum Gasteiger partial charge on any atom is 0.341 e. The van der Waals surface area contributed by atoms with E-state index >= 15 is 0 Å². The van der Waals surface area contributed by atoms with Crippen LogP contribution in [0.15, 0.2) is 28.8 Å². The summed E-state index contributed by atoms with van der Waals surface area (Å²) in [5, 5.41) is 7.85. The summed E-state index contributed by atoms with van der Waals surface area (Å²) in [6.45, 7) is 1.66. The number of fused-ring (bicyclic) bond motifs is 1. The Bertz CT molecular complexity index is 1090. The van der Waals surface area contributed by atoms with Gasteiger partial charge in [0.15, 0.2) is 0 Å². The summed E-state index contributed by atoms with van der Waals surface area (Å²) in [5.74, 6) is -0.474. The van der Waals surface area contributed by atoms with E-state index in [1.165, 1.54) is 18.4 Å². The van der Waals surface area contributed by atoms with Crippen LogP contribution in [0.4, 0.5) is 5.00 Å². The molecule has 2 aromatic heterocycles. The van der Waals surface area contributed by atoms with E-state index in [2.05, 4.69) is 10.5 Å². The van der Waals surface area contributed by atoms with Crippen molar-refractivity contribution in [2.45, 2.75) is 26.2 Å². The van der Waals surface area contributed by atoms with E-state index in [1.54, 1.807) is 25.1 Å². The standard InChI is InChI=1S/C20H17ClN2O4S/c1-10-15(17(23-27-10)11-6-3-4-8-13(11)21)18(24)22-19-16(20(25)26-2)12-7-5-9-14(12)28-19/h3-4,6,8H,5,7,9H2,1-2H3,(H,22,24). The highest BCUT2D eigenvalue weighted by molar-refractivity contribution is 7.17. The monoisotopic (exact) mass is 416 g/mol. The first-order valence-electron chi connectivity index (χ1n) is 8.76. The van der Waals surface area contributed by atoms with Crippen LogP contribution in [0.25, 0.3) is 11.3 Å². The molecule has 1 aliphatic carbocycles. The molecule has 28 heavy (non-hydrogen) atoms. The number of amides is 1. The van der Waals surface area contributed by atoms with Gasteiger partial charge in [-0.3, -0.25) is 4.79 Å². The molecule has 0 bridgehead atoms. The lowest BCUT2D eigenvalue weighted by atomic mass is 10.1. The number of rotatable bonds is 4. The highest BCUT2D eigenvalue weighted by Crippen LogP contribution is 2.40. The minimum absolute atomic E-state index is 0.289. The van der Waals surface area contributed by atoms with Gasteiger partial charge in [-0.15, -0.1) is 11.3 Å². The maximum atomic E-state index is 13.1. The lowest BCUT2D eigenvalue weighted by Gasteiger charge is -2.08. The molecule has 0 fully saturated rings. The second-order valence-electron chi connectivity index (χ2n) is 6.45. The van der Waals surface area contributed by atoms with Gasteiger partial charge in [0, 0.05) is 10.4 Å². The zero-order valence-electron chi connectivity index (χ0n) is 15.3. The van der Waals surface area contributed by atoms with Crippen LogP contribution in [0.1, 0.15) is 43.3 Å². The zero-order chi connectivity index (χ0) is 19.8. The number of anilines is 1. The first kappa shape index (κ1) is 18.7. The predicted molar refractivity (Wildman–Crippen MR) is 107 cm³/mol. The van der Waals surface area contributed by atoms with E-state index in [9.17, 15) is 9.59 Å². The number of aryl methyl sites for hydroxylation is 2.